The molecule has 0 heterocycles. The third kappa shape index (κ3) is 6.99. The molecule has 0 fully saturated rings. The summed E-state index contributed by atoms with van der Waals surface area (Å²) in [4.78, 5) is 0. The Labute approximate surface area is 121 Å². The van der Waals surface area contributed by atoms with E-state index in [1.54, 1.807) is 0 Å². The van der Waals surface area contributed by atoms with Gasteiger partial charge >= 0.3 is 0 Å². The van der Waals surface area contributed by atoms with E-state index in [9.17, 15) is 8.78 Å². The van der Waals surface area contributed by atoms with Gasteiger partial charge in [0.1, 0.15) is 11.6 Å². The van der Waals surface area contributed by atoms with Gasteiger partial charge < -0.3 is 5.32 Å². The molecule has 3 heteroatoms. The van der Waals surface area contributed by atoms with Crippen molar-refractivity contribution in [3.63, 3.8) is 0 Å². The van der Waals surface area contributed by atoms with Gasteiger partial charge in [-0.25, -0.2) is 8.78 Å². The van der Waals surface area contributed by atoms with Gasteiger partial charge in [0.25, 0.3) is 0 Å². The topological polar surface area (TPSA) is 12.0 Å². The average Bonchev–Trinajstić information content (AvgIpc) is 2.25. The lowest BCUT2D eigenvalue weighted by Gasteiger charge is -2.20. The summed E-state index contributed by atoms with van der Waals surface area (Å²) in [5.74, 6) is 0.632. The van der Waals surface area contributed by atoms with E-state index in [4.69, 9.17) is 0 Å². The molecule has 0 saturated carbocycles. The highest BCUT2D eigenvalue weighted by Gasteiger charge is 2.13. The SMILES string of the molecule is CC(C)CNCC(Cc1cc(F)cc(F)c1)CC(C)C. The zero-order valence-electron chi connectivity index (χ0n) is 13.0. The number of hydrogen-bond donors (Lipinski definition) is 1. The second-order valence-electron chi connectivity index (χ2n) is 6.53. The average molecular weight is 283 g/mol. The third-order valence-electron chi connectivity index (χ3n) is 3.24. The Balaban J connectivity index is 2.62. The molecule has 0 aromatic heterocycles. The van der Waals surface area contributed by atoms with E-state index < -0.39 is 11.6 Å². The molecule has 1 nitrogen and oxygen atoms in total. The molecule has 1 atom stereocenters. The van der Waals surface area contributed by atoms with E-state index in [1.165, 1.54) is 12.1 Å². The summed E-state index contributed by atoms with van der Waals surface area (Å²) in [7, 11) is 0. The van der Waals surface area contributed by atoms with Crippen LogP contribution in [0.15, 0.2) is 18.2 Å². The first-order valence-electron chi connectivity index (χ1n) is 7.52. The molecule has 0 amide bonds. The summed E-state index contributed by atoms with van der Waals surface area (Å²) in [6, 6.07) is 3.82. The molecule has 20 heavy (non-hydrogen) atoms. The molecule has 1 unspecified atom stereocenters. The number of benzene rings is 1. The second kappa shape index (κ2) is 8.35. The molecule has 0 aliphatic carbocycles. The maximum absolute atomic E-state index is 13.2. The summed E-state index contributed by atoms with van der Waals surface area (Å²) >= 11 is 0. The van der Waals surface area contributed by atoms with Gasteiger partial charge in [0, 0.05) is 6.07 Å². The predicted octanol–water partition coefficient (Wildman–Crippen LogP) is 4.42. The van der Waals surface area contributed by atoms with Gasteiger partial charge in [-0.2, -0.15) is 0 Å². The highest BCUT2D eigenvalue weighted by atomic mass is 19.1. The number of halogens is 2. The van der Waals surface area contributed by atoms with Crippen LogP contribution in [0, 0.1) is 29.4 Å². The Kier molecular flexibility index (Phi) is 7.14. The van der Waals surface area contributed by atoms with Crippen LogP contribution in [0.25, 0.3) is 0 Å². The van der Waals surface area contributed by atoms with Crippen LogP contribution in [0.5, 0.6) is 0 Å². The molecular weight excluding hydrogens is 256 g/mol. The smallest absolute Gasteiger partial charge is 0.126 e. The minimum absolute atomic E-state index is 0.412. The van der Waals surface area contributed by atoms with Gasteiger partial charge in [0.15, 0.2) is 0 Å². The lowest BCUT2D eigenvalue weighted by Crippen LogP contribution is -2.28. The zero-order valence-corrected chi connectivity index (χ0v) is 13.0. The van der Waals surface area contributed by atoms with Crippen molar-refractivity contribution in [2.45, 2.75) is 40.5 Å². The quantitative estimate of drug-likeness (QED) is 0.745. The normalized spacial score (nSPS) is 13.2. The van der Waals surface area contributed by atoms with E-state index in [-0.39, 0.29) is 0 Å². The first-order valence-corrected chi connectivity index (χ1v) is 7.52. The Hall–Kier alpha value is -0.960. The van der Waals surface area contributed by atoms with Crippen LogP contribution in [0.2, 0.25) is 0 Å². The molecule has 0 saturated heterocycles. The van der Waals surface area contributed by atoms with Crippen LogP contribution in [-0.4, -0.2) is 13.1 Å². The van der Waals surface area contributed by atoms with Crippen LogP contribution in [-0.2, 0) is 6.42 Å². The van der Waals surface area contributed by atoms with E-state index >= 15 is 0 Å². The maximum Gasteiger partial charge on any atom is 0.126 e. The monoisotopic (exact) mass is 283 g/mol. The first-order chi connectivity index (χ1) is 9.36. The summed E-state index contributed by atoms with van der Waals surface area (Å²) < 4.78 is 26.5. The maximum atomic E-state index is 13.2. The van der Waals surface area contributed by atoms with Gasteiger partial charge in [0.2, 0.25) is 0 Å². The highest BCUT2D eigenvalue weighted by molar-refractivity contribution is 5.18. The molecule has 1 rings (SSSR count). The molecule has 0 radical (unpaired) electrons. The first kappa shape index (κ1) is 17.1. The molecule has 0 bridgehead atoms. The van der Waals surface area contributed by atoms with Gasteiger partial charge in [-0.3, -0.25) is 0 Å². The molecule has 0 spiro atoms. The van der Waals surface area contributed by atoms with E-state index in [2.05, 4.69) is 33.0 Å². The van der Waals surface area contributed by atoms with E-state index in [0.717, 1.165) is 37.6 Å². The van der Waals surface area contributed by atoms with Crippen molar-refractivity contribution in [3.8, 4) is 0 Å². The fraction of sp³-hybridized carbons (Fsp3) is 0.647. The van der Waals surface area contributed by atoms with Crippen LogP contribution >= 0.6 is 0 Å². The van der Waals surface area contributed by atoms with Gasteiger partial charge in [-0.15, -0.1) is 0 Å². The van der Waals surface area contributed by atoms with Crippen LogP contribution in [0.3, 0.4) is 0 Å². The van der Waals surface area contributed by atoms with Crippen LogP contribution in [0.4, 0.5) is 8.78 Å². The molecular formula is C17H27F2N. The minimum atomic E-state index is -0.488. The summed E-state index contributed by atoms with van der Waals surface area (Å²) in [6.07, 6.45) is 1.78. The van der Waals surface area contributed by atoms with Crippen molar-refractivity contribution in [2.75, 3.05) is 13.1 Å². The fourth-order valence-electron chi connectivity index (χ4n) is 2.54. The van der Waals surface area contributed by atoms with E-state index in [0.29, 0.717) is 17.8 Å². The van der Waals surface area contributed by atoms with Gasteiger partial charge in [-0.1, -0.05) is 27.7 Å². The lowest BCUT2D eigenvalue weighted by molar-refractivity contribution is 0.375. The largest absolute Gasteiger partial charge is 0.316 e. The third-order valence-corrected chi connectivity index (χ3v) is 3.24. The minimum Gasteiger partial charge on any atom is -0.316 e. The van der Waals surface area contributed by atoms with Crippen molar-refractivity contribution in [3.05, 3.63) is 35.4 Å². The summed E-state index contributed by atoms with van der Waals surface area (Å²) in [5.41, 5.74) is 0.750. The van der Waals surface area contributed by atoms with Crippen molar-refractivity contribution >= 4 is 0 Å². The van der Waals surface area contributed by atoms with E-state index in [1.807, 2.05) is 0 Å². The predicted molar refractivity (Wildman–Crippen MR) is 80.7 cm³/mol. The van der Waals surface area contributed by atoms with Crippen LogP contribution in [0.1, 0.15) is 39.7 Å². The van der Waals surface area contributed by atoms with Crippen LogP contribution < -0.4 is 5.32 Å². The lowest BCUT2D eigenvalue weighted by atomic mass is 9.90. The van der Waals surface area contributed by atoms with Crippen molar-refractivity contribution < 1.29 is 8.78 Å². The second-order valence-corrected chi connectivity index (χ2v) is 6.53. The Morgan fingerprint density at radius 1 is 0.900 bits per heavy atom. The van der Waals surface area contributed by atoms with Gasteiger partial charge in [0.05, 0.1) is 0 Å². The molecule has 0 aliphatic heterocycles. The Morgan fingerprint density at radius 2 is 1.50 bits per heavy atom. The molecule has 114 valence electrons. The summed E-state index contributed by atoms with van der Waals surface area (Å²) in [6.45, 7) is 10.6. The number of hydrogen-bond acceptors (Lipinski definition) is 1. The number of nitrogens with one attached hydrogen (secondary N) is 1. The van der Waals surface area contributed by atoms with Crippen molar-refractivity contribution in [2.24, 2.45) is 17.8 Å². The summed E-state index contributed by atoms with van der Waals surface area (Å²) in [5, 5.41) is 3.45. The Bertz CT molecular complexity index is 382. The van der Waals surface area contributed by atoms with Crippen molar-refractivity contribution in [1.29, 1.82) is 0 Å². The molecule has 1 aromatic carbocycles. The standard InChI is InChI=1S/C17H27F2N/c1-12(2)5-15(11-20-10-13(3)4)6-14-7-16(18)9-17(19)8-14/h7-9,12-13,15,20H,5-6,10-11H2,1-4H3. The number of rotatable bonds is 8. The highest BCUT2D eigenvalue weighted by Crippen LogP contribution is 2.18. The van der Waals surface area contributed by atoms with Crippen molar-refractivity contribution in [1.82, 2.24) is 5.32 Å². The molecule has 1 aromatic rings. The fourth-order valence-corrected chi connectivity index (χ4v) is 2.54. The molecule has 1 N–H and O–H groups in total. The van der Waals surface area contributed by atoms with Gasteiger partial charge in [-0.05, 0) is 61.4 Å². The Morgan fingerprint density at radius 3 is 2.00 bits per heavy atom. The zero-order chi connectivity index (χ0) is 15.1. The molecule has 0 aliphatic rings.